The molecule has 0 radical (unpaired) electrons. The van der Waals surface area contributed by atoms with Crippen LogP contribution in [-0.2, 0) is 33.3 Å². The van der Waals surface area contributed by atoms with Crippen molar-refractivity contribution in [3.05, 3.63) is 0 Å². The average Bonchev–Trinajstić information content (AvgIpc) is 2.73. The fourth-order valence-corrected chi connectivity index (χ4v) is 1.87. The highest BCUT2D eigenvalue weighted by Gasteiger charge is 2.46. The molecule has 0 amide bonds. The van der Waals surface area contributed by atoms with Crippen LogP contribution in [0.1, 0.15) is 16.6 Å². The average molecular weight is 278 g/mol. The third-order valence-corrected chi connectivity index (χ3v) is 2.69. The molecule has 1 rings (SSSR count). The van der Waals surface area contributed by atoms with Crippen molar-refractivity contribution in [2.45, 2.75) is 38.3 Å². The number of carbonyl (C=O) groups is 2. The Kier molecular flexibility index (Phi) is 5.01. The molecule has 0 aromatic heterocycles. The predicted molar refractivity (Wildman–Crippen MR) is 63.5 cm³/mol. The minimum atomic E-state index is -0.673. The molecule has 7 heteroatoms. The van der Waals surface area contributed by atoms with E-state index in [4.69, 9.17) is 26.4 Å². The second-order valence-corrected chi connectivity index (χ2v) is 4.08. The van der Waals surface area contributed by atoms with E-state index in [0.29, 0.717) is 0 Å². The minimum Gasteiger partial charge on any atom is -0.463 e. The van der Waals surface area contributed by atoms with E-state index in [-0.39, 0.29) is 27.4 Å². The van der Waals surface area contributed by atoms with Crippen LogP contribution in [0, 0.1) is 0 Å². The molecule has 19 heavy (non-hydrogen) atoms. The third kappa shape index (κ3) is 4.45. The first kappa shape index (κ1) is 12.8. The standard InChI is InChI=1S/C12H20O7/c1-7(13)17-5-9-11(15-3)12(16-4)10(19-9)6-18-8(2)14/h9-12H,5-6H2,1-4H3/t9-,10+,11-,12-/m1/s1/i3D,4D. The third-order valence-electron chi connectivity index (χ3n) is 2.69. The van der Waals surface area contributed by atoms with E-state index in [0.717, 1.165) is 0 Å². The van der Waals surface area contributed by atoms with Crippen molar-refractivity contribution >= 4 is 11.9 Å². The molecule has 0 unspecified atom stereocenters. The maximum absolute atomic E-state index is 10.9. The lowest BCUT2D eigenvalue weighted by molar-refractivity contribution is -0.150. The summed E-state index contributed by atoms with van der Waals surface area (Å²) in [4.78, 5) is 21.8. The fraction of sp³-hybridized carbons (Fsp3) is 0.833. The van der Waals surface area contributed by atoms with Crippen LogP contribution in [-0.4, -0.2) is 63.7 Å². The van der Waals surface area contributed by atoms with E-state index >= 15 is 0 Å². The molecule has 1 aliphatic heterocycles. The highest BCUT2D eigenvalue weighted by Crippen LogP contribution is 2.26. The number of rotatable bonds is 6. The summed E-state index contributed by atoms with van der Waals surface area (Å²) in [5.74, 6) is -0.936. The zero-order valence-corrected chi connectivity index (χ0v) is 11.0. The van der Waals surface area contributed by atoms with Crippen molar-refractivity contribution < 1.29 is 36.0 Å². The van der Waals surface area contributed by atoms with E-state index in [1.807, 2.05) is 0 Å². The largest absolute Gasteiger partial charge is 0.463 e. The van der Waals surface area contributed by atoms with Crippen LogP contribution in [0.15, 0.2) is 0 Å². The summed E-state index contributed by atoms with van der Waals surface area (Å²) >= 11 is 0. The van der Waals surface area contributed by atoms with Crippen LogP contribution in [0.2, 0.25) is 0 Å². The van der Waals surface area contributed by atoms with Crippen molar-refractivity contribution in [3.63, 3.8) is 0 Å². The molecule has 1 saturated heterocycles. The molecule has 0 saturated carbocycles. The zero-order chi connectivity index (χ0) is 15.8. The Hall–Kier alpha value is -1.18. The monoisotopic (exact) mass is 278 g/mol. The van der Waals surface area contributed by atoms with Crippen molar-refractivity contribution in [2.75, 3.05) is 27.4 Å². The van der Waals surface area contributed by atoms with Crippen molar-refractivity contribution in [1.29, 1.82) is 0 Å². The zero-order valence-electron chi connectivity index (χ0n) is 13.0. The van der Waals surface area contributed by atoms with Crippen LogP contribution >= 0.6 is 0 Å². The molecule has 4 atom stereocenters. The van der Waals surface area contributed by atoms with Gasteiger partial charge in [-0.1, -0.05) is 0 Å². The number of hydrogen-bond donors (Lipinski definition) is 0. The molecular formula is C12H20O7. The molecule has 1 fully saturated rings. The number of hydrogen-bond acceptors (Lipinski definition) is 7. The van der Waals surface area contributed by atoms with Gasteiger partial charge in [0.25, 0.3) is 0 Å². The van der Waals surface area contributed by atoms with Crippen molar-refractivity contribution in [1.82, 2.24) is 0 Å². The van der Waals surface area contributed by atoms with Gasteiger partial charge >= 0.3 is 11.9 Å². The molecule has 110 valence electrons. The molecule has 0 bridgehead atoms. The topological polar surface area (TPSA) is 80.3 Å². The highest BCUT2D eigenvalue weighted by atomic mass is 16.6. The Balaban J connectivity index is 2.73. The molecule has 7 nitrogen and oxygen atoms in total. The van der Waals surface area contributed by atoms with E-state index < -0.39 is 36.4 Å². The van der Waals surface area contributed by atoms with Crippen molar-refractivity contribution in [3.8, 4) is 0 Å². The van der Waals surface area contributed by atoms with Crippen molar-refractivity contribution in [2.24, 2.45) is 0 Å². The summed E-state index contributed by atoms with van der Waals surface area (Å²) in [5, 5.41) is 0. The number of ether oxygens (including phenoxy) is 5. The number of carbonyl (C=O) groups excluding carboxylic acids is 2. The highest BCUT2D eigenvalue weighted by molar-refractivity contribution is 5.66. The lowest BCUT2D eigenvalue weighted by Gasteiger charge is -2.21. The van der Waals surface area contributed by atoms with Gasteiger partial charge < -0.3 is 23.7 Å². The molecule has 1 aliphatic rings. The normalized spacial score (nSPS) is 31.5. The Morgan fingerprint density at radius 1 is 1.00 bits per heavy atom. The fourth-order valence-electron chi connectivity index (χ4n) is 1.87. The van der Waals surface area contributed by atoms with Crippen LogP contribution in [0.25, 0.3) is 0 Å². The van der Waals surface area contributed by atoms with Gasteiger partial charge in [-0.2, -0.15) is 0 Å². The van der Waals surface area contributed by atoms with Gasteiger partial charge in [0.05, 0.1) is 2.74 Å². The van der Waals surface area contributed by atoms with Crippen LogP contribution in [0.3, 0.4) is 0 Å². The first-order chi connectivity index (χ1) is 9.99. The summed E-state index contributed by atoms with van der Waals surface area (Å²) < 4.78 is 40.2. The van der Waals surface area contributed by atoms with E-state index in [9.17, 15) is 9.59 Å². The smallest absolute Gasteiger partial charge is 0.302 e. The van der Waals surface area contributed by atoms with E-state index in [1.54, 1.807) is 0 Å². The molecule has 1 heterocycles. The summed E-state index contributed by atoms with van der Waals surface area (Å²) in [6.07, 6.45) is -2.63. The summed E-state index contributed by atoms with van der Waals surface area (Å²) in [6.45, 7) is 2.41. The van der Waals surface area contributed by atoms with E-state index in [1.165, 1.54) is 13.8 Å². The summed E-state index contributed by atoms with van der Waals surface area (Å²) in [7, 11) is -0.661. The second-order valence-electron chi connectivity index (χ2n) is 4.08. The molecule has 0 spiro atoms. The lowest BCUT2D eigenvalue weighted by atomic mass is 10.1. The van der Waals surface area contributed by atoms with Gasteiger partial charge in [-0.3, -0.25) is 9.59 Å². The van der Waals surface area contributed by atoms with Crippen LogP contribution in [0.5, 0.6) is 0 Å². The van der Waals surface area contributed by atoms with Gasteiger partial charge in [-0.25, -0.2) is 0 Å². The van der Waals surface area contributed by atoms with Gasteiger partial charge in [0.1, 0.15) is 37.6 Å². The maximum Gasteiger partial charge on any atom is 0.302 e. The summed E-state index contributed by atoms with van der Waals surface area (Å²) in [6, 6.07) is 0. The first-order valence-electron chi connectivity index (χ1n) is 7.14. The lowest BCUT2D eigenvalue weighted by Crippen LogP contribution is -2.39. The van der Waals surface area contributed by atoms with Gasteiger partial charge in [-0.15, -0.1) is 0 Å². The Bertz CT molecular complexity index is 320. The Morgan fingerprint density at radius 2 is 1.42 bits per heavy atom. The molecule has 0 N–H and O–H groups in total. The second kappa shape index (κ2) is 7.42. The van der Waals surface area contributed by atoms with Gasteiger partial charge in [0.15, 0.2) is 0 Å². The minimum absolute atomic E-state index is 0.0611. The first-order valence-corrected chi connectivity index (χ1v) is 5.73. The van der Waals surface area contributed by atoms with Gasteiger partial charge in [-0.05, 0) is 0 Å². The predicted octanol–water partition coefficient (Wildman–Crippen LogP) is -0.0900. The SMILES string of the molecule is [2H]CO[C@H]1[C@H](OC[2H])[C@@H](COC(C)=O)O[C@H]1COC(C)=O. The van der Waals surface area contributed by atoms with Crippen LogP contribution in [0.4, 0.5) is 0 Å². The summed E-state index contributed by atoms with van der Waals surface area (Å²) in [5.41, 5.74) is 0. The molecule has 0 aromatic carbocycles. The number of esters is 2. The van der Waals surface area contributed by atoms with E-state index in [2.05, 4.69) is 0 Å². The molecule has 0 aliphatic carbocycles. The van der Waals surface area contributed by atoms with Gasteiger partial charge in [0.2, 0.25) is 0 Å². The van der Waals surface area contributed by atoms with Gasteiger partial charge in [0, 0.05) is 28.0 Å². The quantitative estimate of drug-likeness (QED) is 0.628. The Morgan fingerprint density at radius 3 is 1.74 bits per heavy atom. The Labute approximate surface area is 114 Å². The maximum atomic E-state index is 10.9. The molecular weight excluding hydrogens is 256 g/mol. The molecule has 0 aromatic rings. The van der Waals surface area contributed by atoms with Crippen LogP contribution < -0.4 is 0 Å². The number of methoxy groups -OCH3 is 2.